The molecule has 0 radical (unpaired) electrons. The zero-order valence-electron chi connectivity index (χ0n) is 17.7. The van der Waals surface area contributed by atoms with Gasteiger partial charge < -0.3 is 10.1 Å². The highest BCUT2D eigenvalue weighted by Crippen LogP contribution is 2.39. The Hall–Kier alpha value is -2.42. The van der Waals surface area contributed by atoms with Crippen LogP contribution in [0, 0.1) is 13.8 Å². The third kappa shape index (κ3) is 3.95. The normalized spacial score (nSPS) is 13.7. The molecule has 0 saturated carbocycles. The van der Waals surface area contributed by atoms with Gasteiger partial charge in [0, 0.05) is 35.9 Å². The van der Waals surface area contributed by atoms with Gasteiger partial charge in [0.2, 0.25) is 0 Å². The number of anilines is 1. The molecule has 0 spiro atoms. The van der Waals surface area contributed by atoms with Gasteiger partial charge in [0.05, 0.1) is 23.4 Å². The second-order valence-electron chi connectivity index (χ2n) is 7.61. The molecule has 1 N–H and O–H groups in total. The van der Waals surface area contributed by atoms with E-state index < -0.39 is 9.52 Å². The lowest BCUT2D eigenvalue weighted by molar-refractivity contribution is 0.185. The van der Waals surface area contributed by atoms with E-state index in [9.17, 15) is 4.21 Å². The average Bonchev–Trinajstić information content (AvgIpc) is 3.21. The Kier molecular flexibility index (Phi) is 5.57. The molecule has 8 heteroatoms. The molecule has 3 heterocycles. The molecule has 30 heavy (non-hydrogen) atoms. The summed E-state index contributed by atoms with van der Waals surface area (Å²) in [5.41, 5.74) is 4.43. The van der Waals surface area contributed by atoms with Crippen LogP contribution in [0.3, 0.4) is 0 Å². The van der Waals surface area contributed by atoms with Crippen LogP contribution >= 0.6 is 11.3 Å². The molecule has 1 unspecified atom stereocenters. The summed E-state index contributed by atoms with van der Waals surface area (Å²) in [6.07, 6.45) is 1.66. The van der Waals surface area contributed by atoms with Gasteiger partial charge >= 0.3 is 0 Å². The van der Waals surface area contributed by atoms with E-state index in [1.165, 1.54) is 5.56 Å². The van der Waals surface area contributed by atoms with Gasteiger partial charge in [0.15, 0.2) is 5.82 Å². The molecule has 3 aromatic heterocycles. The van der Waals surface area contributed by atoms with E-state index in [4.69, 9.17) is 14.8 Å². The quantitative estimate of drug-likeness (QED) is 0.434. The summed E-state index contributed by atoms with van der Waals surface area (Å²) in [6.45, 7) is 6.04. The second kappa shape index (κ2) is 8.02. The smallest absolute Gasteiger partial charge is 0.166 e. The summed E-state index contributed by atoms with van der Waals surface area (Å²) in [7, 11) is -0.497. The number of aromatic nitrogens is 3. The van der Waals surface area contributed by atoms with Crippen molar-refractivity contribution in [1.82, 2.24) is 14.8 Å². The standard InChI is InChI=1S/C22H26N4O2S2/c1-14-12-15(2)24-22-18(14)19-20(29-22)21(25-26(19)10-11-28-3)23-13-16-6-8-17(9-7-16)30(4,5)27/h6-9,12H,4,10-11,13H2,1-3,5H3,(H,23,25). The summed E-state index contributed by atoms with van der Waals surface area (Å²) in [6, 6.07) is 9.85. The van der Waals surface area contributed by atoms with Crippen molar-refractivity contribution in [3.63, 3.8) is 0 Å². The van der Waals surface area contributed by atoms with Crippen LogP contribution in [-0.4, -0.2) is 44.8 Å². The first-order valence-electron chi connectivity index (χ1n) is 9.69. The van der Waals surface area contributed by atoms with Crippen molar-refractivity contribution >= 4 is 53.0 Å². The number of nitrogens with one attached hydrogen (secondary N) is 1. The topological polar surface area (TPSA) is 69.0 Å². The van der Waals surface area contributed by atoms with Crippen molar-refractivity contribution in [2.75, 3.05) is 25.3 Å². The number of pyridine rings is 1. The van der Waals surface area contributed by atoms with Gasteiger partial charge in [-0.25, -0.2) is 4.98 Å². The molecular weight excluding hydrogens is 416 g/mol. The molecule has 0 fully saturated rings. The van der Waals surface area contributed by atoms with E-state index in [2.05, 4.69) is 24.2 Å². The first-order chi connectivity index (χ1) is 14.3. The maximum atomic E-state index is 12.1. The van der Waals surface area contributed by atoms with Crippen molar-refractivity contribution in [2.24, 2.45) is 0 Å². The Balaban J connectivity index is 1.71. The minimum Gasteiger partial charge on any atom is -0.383 e. The predicted octanol–water partition coefficient (Wildman–Crippen LogP) is 4.23. The summed E-state index contributed by atoms with van der Waals surface area (Å²) in [5, 5.41) is 9.46. The van der Waals surface area contributed by atoms with Gasteiger partial charge in [0.1, 0.15) is 4.83 Å². The Morgan fingerprint density at radius 2 is 2.00 bits per heavy atom. The van der Waals surface area contributed by atoms with E-state index in [0.717, 1.165) is 42.4 Å². The fourth-order valence-corrected chi connectivity index (χ4v) is 5.55. The molecular formula is C22H26N4O2S2. The zero-order valence-corrected chi connectivity index (χ0v) is 19.3. The highest BCUT2D eigenvalue weighted by atomic mass is 32.2. The third-order valence-corrected chi connectivity index (χ3v) is 7.39. The average molecular weight is 443 g/mol. The van der Waals surface area contributed by atoms with Crippen LogP contribution in [-0.2, 0) is 27.3 Å². The minimum absolute atomic E-state index is 0.592. The number of hydrogen-bond acceptors (Lipinski definition) is 6. The molecule has 158 valence electrons. The van der Waals surface area contributed by atoms with Gasteiger partial charge in [-0.2, -0.15) is 5.10 Å². The summed E-state index contributed by atoms with van der Waals surface area (Å²) >= 11 is 1.67. The van der Waals surface area contributed by atoms with Gasteiger partial charge in [-0.15, -0.1) is 11.3 Å². The number of thiophene rings is 1. The molecule has 6 nitrogen and oxygen atoms in total. The lowest BCUT2D eigenvalue weighted by atomic mass is 10.1. The van der Waals surface area contributed by atoms with Crippen molar-refractivity contribution < 1.29 is 8.95 Å². The molecule has 4 aromatic rings. The SMILES string of the molecule is C=S(C)(=O)c1ccc(CNc2nn(CCOC)c3c2sc2nc(C)cc(C)c23)cc1. The molecule has 1 aromatic carbocycles. The summed E-state index contributed by atoms with van der Waals surface area (Å²) in [4.78, 5) is 6.54. The van der Waals surface area contributed by atoms with Crippen LogP contribution < -0.4 is 5.32 Å². The Morgan fingerprint density at radius 1 is 1.27 bits per heavy atom. The van der Waals surface area contributed by atoms with Crippen LogP contribution in [0.4, 0.5) is 5.82 Å². The zero-order chi connectivity index (χ0) is 21.5. The lowest BCUT2D eigenvalue weighted by Gasteiger charge is -2.07. The second-order valence-corrected chi connectivity index (χ2v) is 11.1. The number of fused-ring (bicyclic) bond motifs is 3. The first-order valence-corrected chi connectivity index (χ1v) is 12.6. The molecule has 1 atom stereocenters. The van der Waals surface area contributed by atoms with Crippen molar-refractivity contribution in [1.29, 1.82) is 0 Å². The highest BCUT2D eigenvalue weighted by molar-refractivity contribution is 7.99. The fourth-order valence-electron chi connectivity index (χ4n) is 3.58. The number of methoxy groups -OCH3 is 1. The number of benzene rings is 1. The maximum absolute atomic E-state index is 12.1. The van der Waals surface area contributed by atoms with Crippen LogP contribution in [0.1, 0.15) is 16.8 Å². The first kappa shape index (κ1) is 20.8. The van der Waals surface area contributed by atoms with Gasteiger partial charge in [-0.3, -0.25) is 8.89 Å². The van der Waals surface area contributed by atoms with Gasteiger partial charge in [-0.1, -0.05) is 12.1 Å². The molecule has 0 aliphatic rings. The van der Waals surface area contributed by atoms with Gasteiger partial charge in [-0.05, 0) is 58.6 Å². The van der Waals surface area contributed by atoms with Crippen molar-refractivity contribution in [3.05, 3.63) is 47.2 Å². The third-order valence-electron chi connectivity index (χ3n) is 5.05. The number of hydrogen-bond donors (Lipinski definition) is 1. The molecule has 4 rings (SSSR count). The van der Waals surface area contributed by atoms with E-state index >= 15 is 0 Å². The molecule has 0 saturated heterocycles. The minimum atomic E-state index is -2.20. The monoisotopic (exact) mass is 442 g/mol. The van der Waals surface area contributed by atoms with Crippen molar-refractivity contribution in [3.8, 4) is 0 Å². The van der Waals surface area contributed by atoms with Crippen LogP contribution in [0.15, 0.2) is 35.2 Å². The van der Waals surface area contributed by atoms with Crippen LogP contribution in [0.5, 0.6) is 0 Å². The number of ether oxygens (including phenoxy) is 1. The van der Waals surface area contributed by atoms with Crippen molar-refractivity contribution in [2.45, 2.75) is 31.8 Å². The number of rotatable bonds is 7. The molecule has 0 aliphatic heterocycles. The molecule has 0 aliphatic carbocycles. The highest BCUT2D eigenvalue weighted by Gasteiger charge is 2.19. The molecule has 0 amide bonds. The van der Waals surface area contributed by atoms with Gasteiger partial charge in [0.25, 0.3) is 0 Å². The summed E-state index contributed by atoms with van der Waals surface area (Å²) in [5.74, 6) is 4.59. The van der Waals surface area contributed by atoms with E-state index in [1.54, 1.807) is 24.7 Å². The van der Waals surface area contributed by atoms with E-state index in [1.807, 2.05) is 35.9 Å². The number of nitrogens with zero attached hydrogens (tertiary/aromatic N) is 3. The van der Waals surface area contributed by atoms with Crippen LogP contribution in [0.25, 0.3) is 20.4 Å². The molecule has 0 bridgehead atoms. The van der Waals surface area contributed by atoms with E-state index in [-0.39, 0.29) is 0 Å². The predicted molar refractivity (Wildman–Crippen MR) is 127 cm³/mol. The lowest BCUT2D eigenvalue weighted by Crippen LogP contribution is -2.07. The maximum Gasteiger partial charge on any atom is 0.166 e. The summed E-state index contributed by atoms with van der Waals surface area (Å²) < 4.78 is 20.5. The Bertz CT molecular complexity index is 1320. The number of aryl methyl sites for hydroxylation is 2. The fraction of sp³-hybridized carbons (Fsp3) is 0.318. The Morgan fingerprint density at radius 3 is 2.67 bits per heavy atom. The van der Waals surface area contributed by atoms with Crippen LogP contribution in [0.2, 0.25) is 0 Å². The Labute approximate surface area is 180 Å². The largest absolute Gasteiger partial charge is 0.383 e. The van der Waals surface area contributed by atoms with E-state index in [0.29, 0.717) is 19.7 Å².